The summed E-state index contributed by atoms with van der Waals surface area (Å²) in [5.41, 5.74) is 9.72. The fraction of sp³-hybridized carbons (Fsp3) is 0.440. The molecule has 1 saturated carbocycles. The van der Waals surface area contributed by atoms with E-state index in [1.807, 2.05) is 10.7 Å². The van der Waals surface area contributed by atoms with E-state index < -0.39 is 0 Å². The number of aromatic nitrogens is 6. The number of aliphatic hydroxyl groups is 1. The molecule has 2 fully saturated rings. The number of nitrogen functional groups attached to an aromatic ring is 1. The number of piperazine rings is 1. The van der Waals surface area contributed by atoms with Gasteiger partial charge in [-0.15, -0.1) is 5.10 Å². The first kappa shape index (κ1) is 21.8. The molecule has 1 saturated heterocycles. The van der Waals surface area contributed by atoms with Crippen molar-refractivity contribution in [2.24, 2.45) is 5.92 Å². The van der Waals surface area contributed by atoms with Gasteiger partial charge in [0.15, 0.2) is 11.3 Å². The fourth-order valence-corrected chi connectivity index (χ4v) is 4.84. The second-order valence-electron chi connectivity index (χ2n) is 9.33. The van der Waals surface area contributed by atoms with Gasteiger partial charge in [0.2, 0.25) is 11.8 Å². The second kappa shape index (κ2) is 8.83. The van der Waals surface area contributed by atoms with Gasteiger partial charge in [0, 0.05) is 38.4 Å². The molecule has 0 radical (unpaired) electrons. The number of nitrogens with zero attached hydrogens (tertiary/aromatic N) is 8. The number of aliphatic hydroxyl groups excluding tert-OH is 1. The molecule has 3 aromatic heterocycles. The van der Waals surface area contributed by atoms with Crippen molar-refractivity contribution in [3.8, 4) is 11.8 Å². The average molecular weight is 472 g/mol. The Kier molecular flexibility index (Phi) is 5.51. The van der Waals surface area contributed by atoms with Gasteiger partial charge in [-0.05, 0) is 49.3 Å². The van der Waals surface area contributed by atoms with Crippen molar-refractivity contribution in [2.75, 3.05) is 43.4 Å². The lowest BCUT2D eigenvalue weighted by Crippen LogP contribution is -2.47. The Morgan fingerprint density at radius 2 is 1.94 bits per heavy atom. The van der Waals surface area contributed by atoms with E-state index in [-0.39, 0.29) is 12.1 Å². The Hall–Kier alpha value is -3.68. The Morgan fingerprint density at radius 3 is 2.71 bits per heavy atom. The molecule has 4 aromatic rings. The lowest BCUT2D eigenvalue weighted by atomic mass is 10.0. The van der Waals surface area contributed by atoms with Crippen LogP contribution in [0.25, 0.3) is 16.7 Å². The van der Waals surface area contributed by atoms with Crippen LogP contribution in [0.15, 0.2) is 30.5 Å². The summed E-state index contributed by atoms with van der Waals surface area (Å²) in [6.45, 7) is 7.18. The highest BCUT2D eigenvalue weighted by Crippen LogP contribution is 2.41. The number of nitrogens with two attached hydrogens (primary N) is 1. The summed E-state index contributed by atoms with van der Waals surface area (Å²) in [4.78, 5) is 13.9. The summed E-state index contributed by atoms with van der Waals surface area (Å²) in [5.74, 6) is 6.82. The average Bonchev–Trinajstić information content (AvgIpc) is 3.52. The molecule has 4 heterocycles. The maximum Gasteiger partial charge on any atom is 0.226 e. The summed E-state index contributed by atoms with van der Waals surface area (Å²) in [5, 5.41) is 20.2. The van der Waals surface area contributed by atoms with E-state index in [0.717, 1.165) is 56.5 Å². The van der Waals surface area contributed by atoms with Gasteiger partial charge >= 0.3 is 0 Å². The normalized spacial score (nSPS) is 17.6. The van der Waals surface area contributed by atoms with Gasteiger partial charge in [0.05, 0.1) is 24.2 Å². The predicted molar refractivity (Wildman–Crippen MR) is 134 cm³/mol. The van der Waals surface area contributed by atoms with Crippen molar-refractivity contribution in [3.63, 3.8) is 0 Å². The number of hydrogen-bond acceptors (Lipinski definition) is 8. The number of hydrogen-bond donors (Lipinski definition) is 2. The van der Waals surface area contributed by atoms with Gasteiger partial charge in [-0.3, -0.25) is 4.90 Å². The standard InChI is InChI=1S/C25H29N9O/c1-2-4-21-28-24-20-16-27-33(23(20)29-25(26)34(24)30-21)14-11-31-9-12-32(13-10-31)19-6-3-5-18(15-19)22(35)17-7-8-17/h3,5-6,15-17,22,35H,7-14H2,1H3,(H2,26,29). The van der Waals surface area contributed by atoms with Crippen molar-refractivity contribution >= 4 is 28.3 Å². The molecule has 1 unspecified atom stereocenters. The van der Waals surface area contributed by atoms with Gasteiger partial charge in [0.1, 0.15) is 0 Å². The molecular weight excluding hydrogens is 442 g/mol. The predicted octanol–water partition coefficient (Wildman–Crippen LogP) is 1.69. The highest BCUT2D eigenvalue weighted by atomic mass is 16.3. The molecular formula is C25H29N9O. The van der Waals surface area contributed by atoms with Crippen LogP contribution in [0.2, 0.25) is 0 Å². The van der Waals surface area contributed by atoms with E-state index >= 15 is 0 Å². The summed E-state index contributed by atoms with van der Waals surface area (Å²) in [6, 6.07) is 8.42. The van der Waals surface area contributed by atoms with Crippen LogP contribution < -0.4 is 10.6 Å². The van der Waals surface area contributed by atoms with E-state index in [1.54, 1.807) is 13.1 Å². The smallest absolute Gasteiger partial charge is 0.226 e. The minimum absolute atomic E-state index is 0.272. The molecule has 1 atom stereocenters. The molecule has 1 aliphatic heterocycles. The van der Waals surface area contributed by atoms with Crippen LogP contribution in [0, 0.1) is 17.8 Å². The summed E-state index contributed by atoms with van der Waals surface area (Å²) < 4.78 is 3.41. The highest BCUT2D eigenvalue weighted by molar-refractivity contribution is 5.89. The summed E-state index contributed by atoms with van der Waals surface area (Å²) in [6.07, 6.45) is 3.72. The minimum atomic E-state index is -0.326. The zero-order chi connectivity index (χ0) is 23.9. The third-order valence-electron chi connectivity index (χ3n) is 6.98. The number of anilines is 2. The Balaban J connectivity index is 1.11. The van der Waals surface area contributed by atoms with Crippen LogP contribution in [-0.4, -0.2) is 72.1 Å². The largest absolute Gasteiger partial charge is 0.388 e. The fourth-order valence-electron chi connectivity index (χ4n) is 4.84. The van der Waals surface area contributed by atoms with Crippen molar-refractivity contribution in [1.82, 2.24) is 34.3 Å². The summed E-state index contributed by atoms with van der Waals surface area (Å²) in [7, 11) is 0. The Morgan fingerprint density at radius 1 is 1.11 bits per heavy atom. The first-order valence-corrected chi connectivity index (χ1v) is 12.2. The van der Waals surface area contributed by atoms with Crippen LogP contribution in [0.5, 0.6) is 0 Å². The molecule has 0 spiro atoms. The molecule has 0 amide bonds. The van der Waals surface area contributed by atoms with E-state index in [2.05, 4.69) is 60.0 Å². The van der Waals surface area contributed by atoms with Crippen LogP contribution in [0.4, 0.5) is 11.6 Å². The lowest BCUT2D eigenvalue weighted by molar-refractivity contribution is 0.154. The molecule has 0 bridgehead atoms. The lowest BCUT2D eigenvalue weighted by Gasteiger charge is -2.36. The zero-order valence-corrected chi connectivity index (χ0v) is 19.8. The van der Waals surface area contributed by atoms with Gasteiger partial charge in [-0.2, -0.15) is 19.6 Å². The third-order valence-corrected chi connectivity index (χ3v) is 6.98. The molecule has 6 rings (SSSR count). The number of rotatable bonds is 6. The first-order chi connectivity index (χ1) is 17.1. The van der Waals surface area contributed by atoms with Gasteiger partial charge in [0.25, 0.3) is 0 Å². The van der Waals surface area contributed by atoms with E-state index in [4.69, 9.17) is 5.73 Å². The van der Waals surface area contributed by atoms with E-state index in [0.29, 0.717) is 29.6 Å². The molecule has 180 valence electrons. The quantitative estimate of drug-likeness (QED) is 0.409. The van der Waals surface area contributed by atoms with Crippen molar-refractivity contribution in [1.29, 1.82) is 0 Å². The SMILES string of the molecule is CC#Cc1nc2c3cnn(CCN4CCN(c5cccc(C(O)C6CC6)c5)CC4)c3nc(N)n2n1. The van der Waals surface area contributed by atoms with Gasteiger partial charge in [-0.1, -0.05) is 18.1 Å². The topological polar surface area (TPSA) is 114 Å². The van der Waals surface area contributed by atoms with Gasteiger partial charge in [-0.25, -0.2) is 4.68 Å². The first-order valence-electron chi connectivity index (χ1n) is 12.2. The van der Waals surface area contributed by atoms with Crippen LogP contribution in [0.3, 0.4) is 0 Å². The minimum Gasteiger partial charge on any atom is -0.388 e. The highest BCUT2D eigenvalue weighted by Gasteiger charge is 2.31. The molecule has 3 N–H and O–H groups in total. The van der Waals surface area contributed by atoms with Crippen molar-refractivity contribution < 1.29 is 5.11 Å². The third kappa shape index (κ3) is 4.17. The molecule has 1 aromatic carbocycles. The van der Waals surface area contributed by atoms with Crippen molar-refractivity contribution in [2.45, 2.75) is 32.4 Å². The van der Waals surface area contributed by atoms with Crippen molar-refractivity contribution in [3.05, 3.63) is 41.9 Å². The van der Waals surface area contributed by atoms with Crippen LogP contribution in [0.1, 0.15) is 37.3 Å². The number of fused-ring (bicyclic) bond motifs is 3. The molecule has 10 nitrogen and oxygen atoms in total. The molecule has 10 heteroatoms. The Labute approximate surface area is 203 Å². The maximum atomic E-state index is 10.5. The maximum absolute atomic E-state index is 10.5. The number of benzene rings is 1. The molecule has 2 aliphatic rings. The van der Waals surface area contributed by atoms with E-state index in [1.165, 1.54) is 10.2 Å². The monoisotopic (exact) mass is 471 g/mol. The van der Waals surface area contributed by atoms with Gasteiger partial charge < -0.3 is 15.7 Å². The Bertz CT molecular complexity index is 1430. The molecule has 1 aliphatic carbocycles. The second-order valence-corrected chi connectivity index (χ2v) is 9.33. The molecule has 35 heavy (non-hydrogen) atoms. The zero-order valence-electron chi connectivity index (χ0n) is 19.8. The van der Waals surface area contributed by atoms with Crippen LogP contribution >= 0.6 is 0 Å². The van der Waals surface area contributed by atoms with Crippen LogP contribution in [-0.2, 0) is 6.54 Å². The van der Waals surface area contributed by atoms with E-state index in [9.17, 15) is 5.11 Å². The summed E-state index contributed by atoms with van der Waals surface area (Å²) >= 11 is 0.